The molecule has 0 aromatic rings. The average Bonchev–Trinajstić information content (AvgIpc) is 1.77. The molecule has 0 saturated heterocycles. The molecule has 0 atom stereocenters. The molecule has 14 heavy (non-hydrogen) atoms. The maximum Gasteiger partial charge on any atom is 1.00 e. The molecule has 0 aromatic heterocycles. The standard InChI is InChI=1S/C2H7NO7S2.2Na.2H/c4-3-1-2(11(5,6)7)12(8,9)10;;;;/h2-4H,1H2,(H,5,6,7)(H,8,9,10);;;;/q;2*+1;2*-1. The van der Waals surface area contributed by atoms with Crippen LogP contribution in [0.5, 0.6) is 0 Å². The Morgan fingerprint density at radius 1 is 1.07 bits per heavy atom. The normalized spacial score (nSPS) is 11.7. The summed E-state index contributed by atoms with van der Waals surface area (Å²) < 4.78 is 54.9. The van der Waals surface area contributed by atoms with Crippen LogP contribution in [0.15, 0.2) is 0 Å². The summed E-state index contributed by atoms with van der Waals surface area (Å²) in [5, 5.41) is 7.96. The minimum absolute atomic E-state index is 0. The molecule has 0 bridgehead atoms. The van der Waals surface area contributed by atoms with Crippen molar-refractivity contribution in [3.63, 3.8) is 0 Å². The minimum Gasteiger partial charge on any atom is -1.00 e. The number of rotatable bonds is 4. The van der Waals surface area contributed by atoms with E-state index in [1.165, 1.54) is 5.48 Å². The van der Waals surface area contributed by atoms with Gasteiger partial charge in [0.1, 0.15) is 0 Å². The second-order valence-corrected chi connectivity index (χ2v) is 5.32. The molecule has 0 fully saturated rings. The first kappa shape index (κ1) is 21.1. The van der Waals surface area contributed by atoms with Gasteiger partial charge in [0.25, 0.3) is 20.2 Å². The predicted molar refractivity (Wildman–Crippen MR) is 38.9 cm³/mol. The van der Waals surface area contributed by atoms with Crippen molar-refractivity contribution in [1.29, 1.82) is 0 Å². The number of hydroxylamine groups is 1. The SMILES string of the molecule is O=S(=O)(O)C(CNO)S(=O)(=O)O.[H-].[H-].[Na+].[Na+]. The molecule has 8 nitrogen and oxygen atoms in total. The molecule has 0 saturated carbocycles. The van der Waals surface area contributed by atoms with Crippen molar-refractivity contribution in [3.05, 3.63) is 0 Å². The van der Waals surface area contributed by atoms with Crippen LogP contribution in [0.4, 0.5) is 0 Å². The van der Waals surface area contributed by atoms with E-state index >= 15 is 0 Å². The molecule has 78 valence electrons. The summed E-state index contributed by atoms with van der Waals surface area (Å²) >= 11 is 0. The summed E-state index contributed by atoms with van der Waals surface area (Å²) in [6.07, 6.45) is 0. The van der Waals surface area contributed by atoms with E-state index in [-0.39, 0.29) is 62.0 Å². The number of hydrogen-bond donors (Lipinski definition) is 4. The van der Waals surface area contributed by atoms with Crippen LogP contribution in [-0.4, -0.2) is 42.3 Å². The van der Waals surface area contributed by atoms with Crippen molar-refractivity contribution in [3.8, 4) is 0 Å². The maximum atomic E-state index is 10.2. The Morgan fingerprint density at radius 3 is 1.43 bits per heavy atom. The van der Waals surface area contributed by atoms with Crippen molar-refractivity contribution in [1.82, 2.24) is 5.48 Å². The number of hydrogen-bond acceptors (Lipinski definition) is 6. The Bertz CT molecular complexity index is 311. The molecule has 0 heterocycles. The Labute approximate surface area is 128 Å². The molecule has 0 radical (unpaired) electrons. The van der Waals surface area contributed by atoms with Gasteiger partial charge in [-0.25, -0.2) is 5.48 Å². The third-order valence-electron chi connectivity index (χ3n) is 0.922. The van der Waals surface area contributed by atoms with E-state index in [2.05, 4.69) is 0 Å². The summed E-state index contributed by atoms with van der Waals surface area (Å²) in [7, 11) is -9.89. The van der Waals surface area contributed by atoms with Gasteiger partial charge in [0.15, 0.2) is 0 Å². The zero-order valence-electron chi connectivity index (χ0n) is 9.58. The molecule has 0 aromatic carbocycles. The summed E-state index contributed by atoms with van der Waals surface area (Å²) in [5.74, 6) is 0. The zero-order valence-corrected chi connectivity index (χ0v) is 13.2. The van der Waals surface area contributed by atoms with Gasteiger partial charge >= 0.3 is 59.1 Å². The minimum atomic E-state index is -4.95. The predicted octanol–water partition coefficient (Wildman–Crippen LogP) is -7.70. The zero-order chi connectivity index (χ0) is 9.99. The topological polar surface area (TPSA) is 141 Å². The molecular weight excluding hydrogens is 260 g/mol. The summed E-state index contributed by atoms with van der Waals surface area (Å²) in [4.78, 5) is 0. The first-order valence-electron chi connectivity index (χ1n) is 2.49. The van der Waals surface area contributed by atoms with Crippen LogP contribution in [0.3, 0.4) is 0 Å². The Hall–Kier alpha value is 1.74. The molecule has 0 spiro atoms. The van der Waals surface area contributed by atoms with Crippen LogP contribution in [-0.2, 0) is 20.2 Å². The quantitative estimate of drug-likeness (QED) is 0.224. The average molecular weight is 269 g/mol. The molecule has 0 amide bonds. The molecule has 0 unspecified atom stereocenters. The van der Waals surface area contributed by atoms with Gasteiger partial charge in [-0.2, -0.15) is 16.8 Å². The summed E-state index contributed by atoms with van der Waals surface area (Å²) in [6.45, 7) is -1.02. The third-order valence-corrected chi connectivity index (χ3v) is 4.04. The van der Waals surface area contributed by atoms with Gasteiger partial charge in [0, 0.05) is 0 Å². The monoisotopic (exact) mass is 269 g/mol. The van der Waals surface area contributed by atoms with Crippen molar-refractivity contribution < 1.29 is 93.1 Å². The molecule has 0 aliphatic carbocycles. The smallest absolute Gasteiger partial charge is 1.00 e. The van der Waals surface area contributed by atoms with E-state index in [9.17, 15) is 16.8 Å². The summed E-state index contributed by atoms with van der Waals surface area (Å²) in [6, 6.07) is 0. The van der Waals surface area contributed by atoms with E-state index in [1.807, 2.05) is 0 Å². The summed E-state index contributed by atoms with van der Waals surface area (Å²) in [5.41, 5.74) is 1.20. The largest absolute Gasteiger partial charge is 1.00 e. The molecule has 0 aliphatic rings. The van der Waals surface area contributed by atoms with Gasteiger partial charge in [-0.15, -0.1) is 0 Å². The van der Waals surface area contributed by atoms with Crippen molar-refractivity contribution in [2.45, 2.75) is 4.58 Å². The second-order valence-electron chi connectivity index (χ2n) is 1.82. The van der Waals surface area contributed by atoms with Crippen molar-refractivity contribution >= 4 is 20.2 Å². The molecule has 12 heteroatoms. The van der Waals surface area contributed by atoms with Gasteiger partial charge < -0.3 is 8.06 Å². The second kappa shape index (κ2) is 7.92. The van der Waals surface area contributed by atoms with E-state index < -0.39 is 31.4 Å². The van der Waals surface area contributed by atoms with E-state index in [1.54, 1.807) is 0 Å². The Balaban J connectivity index is -0.000000101. The number of nitrogens with one attached hydrogen (secondary N) is 1. The van der Waals surface area contributed by atoms with Crippen LogP contribution in [0, 0.1) is 0 Å². The van der Waals surface area contributed by atoms with E-state index in [0.29, 0.717) is 0 Å². The van der Waals surface area contributed by atoms with Gasteiger partial charge in [0.2, 0.25) is 4.58 Å². The molecular formula is C2H9NNa2O7S2. The third kappa shape index (κ3) is 7.96. The Morgan fingerprint density at radius 2 is 1.36 bits per heavy atom. The first-order valence-corrected chi connectivity index (χ1v) is 5.50. The fourth-order valence-corrected chi connectivity index (χ4v) is 2.24. The van der Waals surface area contributed by atoms with E-state index in [0.717, 1.165) is 0 Å². The van der Waals surface area contributed by atoms with Gasteiger partial charge in [-0.3, -0.25) is 9.11 Å². The molecule has 0 aliphatic heterocycles. The van der Waals surface area contributed by atoms with Gasteiger partial charge in [-0.1, -0.05) is 0 Å². The van der Waals surface area contributed by atoms with Crippen LogP contribution >= 0.6 is 0 Å². The van der Waals surface area contributed by atoms with Crippen molar-refractivity contribution in [2.24, 2.45) is 0 Å². The Kier molecular flexibility index (Phi) is 11.9. The van der Waals surface area contributed by atoms with Gasteiger partial charge in [-0.05, 0) is 0 Å². The van der Waals surface area contributed by atoms with Crippen LogP contribution in [0.2, 0.25) is 0 Å². The maximum absolute atomic E-state index is 10.2. The molecule has 0 rings (SSSR count). The van der Waals surface area contributed by atoms with E-state index in [4.69, 9.17) is 14.3 Å². The first-order chi connectivity index (χ1) is 5.19. The fraction of sp³-hybridized carbons (Fsp3) is 1.00. The fourth-order valence-electron chi connectivity index (χ4n) is 0.439. The van der Waals surface area contributed by atoms with Crippen molar-refractivity contribution in [2.75, 3.05) is 6.54 Å². The molecule has 4 N–H and O–H groups in total. The van der Waals surface area contributed by atoms with Crippen LogP contribution < -0.4 is 64.6 Å². The van der Waals surface area contributed by atoms with Crippen LogP contribution in [0.1, 0.15) is 2.85 Å². The van der Waals surface area contributed by atoms with Crippen LogP contribution in [0.25, 0.3) is 0 Å². The van der Waals surface area contributed by atoms with Gasteiger partial charge in [0.05, 0.1) is 6.54 Å².